The number of hydrogen-bond acceptors (Lipinski definition) is 4. The number of aryl methyl sites for hydroxylation is 1. The molecule has 0 amide bonds. The highest BCUT2D eigenvalue weighted by Gasteiger charge is 2.21. The van der Waals surface area contributed by atoms with Crippen LogP contribution in [0.5, 0.6) is 0 Å². The summed E-state index contributed by atoms with van der Waals surface area (Å²) in [5.74, 6) is 0.757. The van der Waals surface area contributed by atoms with Gasteiger partial charge in [-0.2, -0.15) is 0 Å². The SMILES string of the molecule is Cn1cc(-c2cc(C(N)O)ccc2NCC2CC2)ccc1=O. The molecule has 0 spiro atoms. The normalized spacial score (nSPS) is 15.6. The Hall–Kier alpha value is -2.11. The Labute approximate surface area is 129 Å². The Morgan fingerprint density at radius 3 is 2.77 bits per heavy atom. The monoisotopic (exact) mass is 299 g/mol. The Morgan fingerprint density at radius 2 is 2.14 bits per heavy atom. The van der Waals surface area contributed by atoms with Crippen molar-refractivity contribution in [3.63, 3.8) is 0 Å². The molecular formula is C17H21N3O2. The summed E-state index contributed by atoms with van der Waals surface area (Å²) in [7, 11) is 1.73. The van der Waals surface area contributed by atoms with Crippen LogP contribution >= 0.6 is 0 Å². The van der Waals surface area contributed by atoms with Gasteiger partial charge in [0.1, 0.15) is 6.23 Å². The first-order chi connectivity index (χ1) is 10.5. The zero-order chi connectivity index (χ0) is 15.7. The third kappa shape index (κ3) is 3.21. The number of aliphatic hydroxyl groups excluding tert-OH is 1. The molecule has 0 radical (unpaired) electrons. The maximum atomic E-state index is 11.6. The summed E-state index contributed by atoms with van der Waals surface area (Å²) >= 11 is 0. The summed E-state index contributed by atoms with van der Waals surface area (Å²) < 4.78 is 1.55. The minimum Gasteiger partial charge on any atom is -0.384 e. The van der Waals surface area contributed by atoms with Crippen molar-refractivity contribution >= 4 is 5.69 Å². The highest BCUT2D eigenvalue weighted by molar-refractivity contribution is 5.78. The van der Waals surface area contributed by atoms with Crippen molar-refractivity contribution < 1.29 is 5.11 Å². The smallest absolute Gasteiger partial charge is 0.250 e. The lowest BCUT2D eigenvalue weighted by molar-refractivity contribution is 0.186. The van der Waals surface area contributed by atoms with E-state index in [1.54, 1.807) is 29.9 Å². The van der Waals surface area contributed by atoms with Crippen LogP contribution in [-0.4, -0.2) is 16.2 Å². The van der Waals surface area contributed by atoms with Gasteiger partial charge in [0, 0.05) is 42.7 Å². The Balaban J connectivity index is 2.01. The quantitative estimate of drug-likeness (QED) is 0.736. The number of hydrogen-bond donors (Lipinski definition) is 3. The Morgan fingerprint density at radius 1 is 1.36 bits per heavy atom. The number of anilines is 1. The van der Waals surface area contributed by atoms with Crippen LogP contribution in [0.15, 0.2) is 41.3 Å². The predicted octanol–water partition coefficient (Wildman–Crippen LogP) is 1.82. The molecule has 116 valence electrons. The van der Waals surface area contributed by atoms with Gasteiger partial charge in [-0.05, 0) is 42.5 Å². The number of nitrogens with zero attached hydrogens (tertiary/aromatic N) is 1. The lowest BCUT2D eigenvalue weighted by atomic mass is 10.0. The maximum Gasteiger partial charge on any atom is 0.250 e. The van der Waals surface area contributed by atoms with E-state index < -0.39 is 6.23 Å². The lowest BCUT2D eigenvalue weighted by Crippen LogP contribution is -2.14. The summed E-state index contributed by atoms with van der Waals surface area (Å²) in [6.45, 7) is 0.948. The van der Waals surface area contributed by atoms with Crippen LogP contribution in [0.1, 0.15) is 24.6 Å². The molecule has 5 heteroatoms. The number of aliphatic hydroxyl groups is 1. The molecule has 4 N–H and O–H groups in total. The lowest BCUT2D eigenvalue weighted by Gasteiger charge is -2.15. The van der Waals surface area contributed by atoms with Crippen molar-refractivity contribution in [2.45, 2.75) is 19.1 Å². The molecule has 1 fully saturated rings. The minimum absolute atomic E-state index is 0.0498. The summed E-state index contributed by atoms with van der Waals surface area (Å²) in [5, 5.41) is 13.1. The summed E-state index contributed by atoms with van der Waals surface area (Å²) in [6, 6.07) is 8.98. The van der Waals surface area contributed by atoms with Crippen molar-refractivity contribution in [1.82, 2.24) is 4.57 Å². The molecule has 0 aliphatic heterocycles. The van der Waals surface area contributed by atoms with Gasteiger partial charge in [-0.25, -0.2) is 0 Å². The second-order valence-electron chi connectivity index (χ2n) is 5.94. The van der Waals surface area contributed by atoms with E-state index in [1.807, 2.05) is 18.2 Å². The molecule has 1 atom stereocenters. The average molecular weight is 299 g/mol. The Kier molecular flexibility index (Phi) is 4.00. The number of nitrogens with one attached hydrogen (secondary N) is 1. The molecule has 0 bridgehead atoms. The van der Waals surface area contributed by atoms with Crippen molar-refractivity contribution in [2.24, 2.45) is 18.7 Å². The van der Waals surface area contributed by atoms with Gasteiger partial charge in [0.25, 0.3) is 0 Å². The fourth-order valence-corrected chi connectivity index (χ4v) is 2.47. The van der Waals surface area contributed by atoms with Crippen molar-refractivity contribution in [2.75, 3.05) is 11.9 Å². The van der Waals surface area contributed by atoms with E-state index >= 15 is 0 Å². The summed E-state index contributed by atoms with van der Waals surface area (Å²) in [4.78, 5) is 11.6. The highest BCUT2D eigenvalue weighted by Crippen LogP contribution is 2.33. The summed E-state index contributed by atoms with van der Waals surface area (Å²) in [5.41, 5.74) is 9.04. The van der Waals surface area contributed by atoms with E-state index in [-0.39, 0.29) is 5.56 Å². The average Bonchev–Trinajstić information content (AvgIpc) is 3.32. The third-order valence-electron chi connectivity index (χ3n) is 4.06. The van der Waals surface area contributed by atoms with E-state index in [0.29, 0.717) is 5.56 Å². The van der Waals surface area contributed by atoms with E-state index in [4.69, 9.17) is 5.73 Å². The molecular weight excluding hydrogens is 278 g/mol. The molecule has 1 saturated carbocycles. The molecule has 1 aromatic heterocycles. The van der Waals surface area contributed by atoms with E-state index in [0.717, 1.165) is 29.3 Å². The van der Waals surface area contributed by atoms with E-state index in [1.165, 1.54) is 12.8 Å². The van der Waals surface area contributed by atoms with Crippen LogP contribution in [0, 0.1) is 5.92 Å². The van der Waals surface area contributed by atoms with E-state index in [2.05, 4.69) is 5.32 Å². The Bertz CT molecular complexity index is 733. The van der Waals surface area contributed by atoms with Crippen molar-refractivity contribution in [1.29, 1.82) is 0 Å². The van der Waals surface area contributed by atoms with Gasteiger partial charge < -0.3 is 20.7 Å². The van der Waals surface area contributed by atoms with Crippen LogP contribution in [-0.2, 0) is 7.05 Å². The molecule has 0 saturated heterocycles. The number of aromatic nitrogens is 1. The van der Waals surface area contributed by atoms with Gasteiger partial charge in [-0.1, -0.05) is 6.07 Å². The number of benzene rings is 1. The zero-order valence-corrected chi connectivity index (χ0v) is 12.6. The van der Waals surface area contributed by atoms with Gasteiger partial charge in [-0.3, -0.25) is 4.79 Å². The molecule has 5 nitrogen and oxygen atoms in total. The molecule has 1 heterocycles. The number of rotatable bonds is 5. The fourth-order valence-electron chi connectivity index (χ4n) is 2.47. The maximum absolute atomic E-state index is 11.6. The molecule has 1 aromatic carbocycles. The zero-order valence-electron chi connectivity index (χ0n) is 12.6. The molecule has 1 aliphatic carbocycles. The first kappa shape index (κ1) is 14.8. The van der Waals surface area contributed by atoms with Crippen LogP contribution in [0.25, 0.3) is 11.1 Å². The van der Waals surface area contributed by atoms with Crippen LogP contribution < -0.4 is 16.6 Å². The van der Waals surface area contributed by atoms with Gasteiger partial charge in [0.15, 0.2) is 0 Å². The van der Waals surface area contributed by atoms with Gasteiger partial charge in [0.05, 0.1) is 0 Å². The van der Waals surface area contributed by atoms with Gasteiger partial charge in [-0.15, -0.1) is 0 Å². The van der Waals surface area contributed by atoms with Crippen LogP contribution in [0.4, 0.5) is 5.69 Å². The van der Waals surface area contributed by atoms with Crippen molar-refractivity contribution in [3.8, 4) is 11.1 Å². The van der Waals surface area contributed by atoms with E-state index in [9.17, 15) is 9.90 Å². The van der Waals surface area contributed by atoms with Gasteiger partial charge >= 0.3 is 0 Å². The molecule has 1 unspecified atom stereocenters. The molecule has 1 aliphatic rings. The third-order valence-corrected chi connectivity index (χ3v) is 4.06. The first-order valence-corrected chi connectivity index (χ1v) is 7.53. The van der Waals surface area contributed by atoms with Crippen LogP contribution in [0.2, 0.25) is 0 Å². The number of pyridine rings is 1. The second-order valence-corrected chi connectivity index (χ2v) is 5.94. The topological polar surface area (TPSA) is 80.3 Å². The first-order valence-electron chi connectivity index (χ1n) is 7.53. The number of nitrogens with two attached hydrogens (primary N) is 1. The van der Waals surface area contributed by atoms with Gasteiger partial charge in [0.2, 0.25) is 5.56 Å². The van der Waals surface area contributed by atoms with Crippen LogP contribution in [0.3, 0.4) is 0 Å². The minimum atomic E-state index is -1.01. The molecule has 22 heavy (non-hydrogen) atoms. The molecule has 3 rings (SSSR count). The predicted molar refractivity (Wildman–Crippen MR) is 87.5 cm³/mol. The second kappa shape index (κ2) is 5.94. The summed E-state index contributed by atoms with van der Waals surface area (Å²) in [6.07, 6.45) is 3.35. The largest absolute Gasteiger partial charge is 0.384 e. The fraction of sp³-hybridized carbons (Fsp3) is 0.353. The molecule has 2 aromatic rings. The highest BCUT2D eigenvalue weighted by atomic mass is 16.3. The van der Waals surface area contributed by atoms with Crippen molar-refractivity contribution in [3.05, 3.63) is 52.4 Å². The standard InChI is InChI=1S/C17H21N3O2/c1-20-10-13(5-7-16(20)21)14-8-12(17(18)22)4-6-15(14)19-9-11-2-3-11/h4-8,10-11,17,19,22H,2-3,9,18H2,1H3.